The largest absolute Gasteiger partial charge is 0.480 e. The van der Waals surface area contributed by atoms with Crippen LogP contribution in [0.4, 0.5) is 0 Å². The molecule has 1 aromatic heterocycles. The van der Waals surface area contributed by atoms with Crippen molar-refractivity contribution in [2.75, 3.05) is 26.2 Å². The summed E-state index contributed by atoms with van der Waals surface area (Å²) < 4.78 is 0. The zero-order valence-corrected chi connectivity index (χ0v) is 45.8. The topological polar surface area (TPSA) is 382 Å². The maximum absolute atomic E-state index is 15.2. The minimum atomic E-state index is -1.57. The Morgan fingerprint density at radius 3 is 2.05 bits per heavy atom. The molecule has 0 bridgehead atoms. The van der Waals surface area contributed by atoms with E-state index in [-0.39, 0.29) is 121 Å². The maximum Gasteiger partial charge on any atom is 0.326 e. The third kappa shape index (κ3) is 19.3. The Morgan fingerprint density at radius 1 is 0.741 bits per heavy atom. The van der Waals surface area contributed by atoms with Crippen LogP contribution in [0.15, 0.2) is 101 Å². The summed E-state index contributed by atoms with van der Waals surface area (Å²) in [6, 6.07) is 19.2. The van der Waals surface area contributed by atoms with Crippen molar-refractivity contribution < 1.29 is 48.3 Å². The number of carboxylic acids is 1. The Balaban J connectivity index is 1.40. The number of Topliss-reactive ketones (excluding diaryl/α,β-unsaturated/α-hetero) is 2. The van der Waals surface area contributed by atoms with Gasteiger partial charge in [0.2, 0.25) is 35.4 Å². The highest BCUT2D eigenvalue weighted by Gasteiger charge is 2.44. The van der Waals surface area contributed by atoms with Crippen LogP contribution in [0.5, 0.6) is 0 Å². The van der Waals surface area contributed by atoms with Gasteiger partial charge < -0.3 is 64.5 Å². The van der Waals surface area contributed by atoms with E-state index in [0.29, 0.717) is 17.5 Å². The molecule has 0 spiro atoms. The van der Waals surface area contributed by atoms with Gasteiger partial charge in [0.05, 0.1) is 12.5 Å². The van der Waals surface area contributed by atoms with Crippen LogP contribution in [-0.2, 0) is 62.4 Å². The fourth-order valence-corrected chi connectivity index (χ4v) is 10.6. The SMILES string of the molecule is CC(=O)N[C@@H](CCCN=C(N)N)C(=O)N[C@H]1CC(=O)NCCCC[C@@H](C(=O)O)NC(=O)[C@H](Cc2c[nH]c3ccccc23)CC(=O)[C@H](CCCN=C(N)N)CC(=O)[C@@H](Cc2ccccc2)NC(=O)[C@@H]2C[C@@H](Cc3ccccc3)CN2C1=O. The van der Waals surface area contributed by atoms with Crippen LogP contribution < -0.4 is 49.5 Å². The molecule has 6 rings (SSSR count). The van der Waals surface area contributed by atoms with Crippen LogP contribution in [0.3, 0.4) is 0 Å². The Bertz CT molecular complexity index is 2890. The number of nitrogens with zero attached hydrogens (tertiary/aromatic N) is 3. The molecule has 0 saturated carbocycles. The number of para-hydroxylation sites is 1. The van der Waals surface area contributed by atoms with Crippen molar-refractivity contribution in [3.05, 3.63) is 108 Å². The highest BCUT2D eigenvalue weighted by atomic mass is 16.4. The van der Waals surface area contributed by atoms with E-state index in [1.807, 2.05) is 54.6 Å². The third-order valence-corrected chi connectivity index (χ3v) is 14.7. The van der Waals surface area contributed by atoms with Crippen LogP contribution in [0.1, 0.15) is 94.2 Å². The number of rotatable bonds is 18. The standard InChI is InChI=1S/C58H77N13O10/c1-35(72)67-44(22-13-25-65-58(61)62)53(77)70-47-32-51(75)63-23-11-10-21-45(56(80)81)68-52(76)40(29-41-33-66-43-20-9-8-19-42(41)43)31-49(73)39(18-12-24-64-57(59)60)30-50(74)46(27-37-16-6-3-7-17-37)69-54(78)48-28-38(34-71(48)55(47)79)26-36-14-4-2-5-15-36/h2-9,14-17,19-20,33,38-40,44-48,66H,10-13,18,21-32,34H2,1H3,(H,63,75)(H,67,72)(H,68,76)(H,69,78)(H,70,77)(H,80,81)(H4,59,60,64)(H4,61,62,65)/t38-,39-,40-,44+,45+,46-,47+,48+/m1/s1. The zero-order chi connectivity index (χ0) is 58.4. The molecule has 15 N–H and O–H groups in total. The number of H-pyrrole nitrogens is 1. The average molecular weight is 1120 g/mol. The van der Waals surface area contributed by atoms with Gasteiger partial charge in [0.25, 0.3) is 0 Å². The quantitative estimate of drug-likeness (QED) is 0.0381. The number of guanidine groups is 2. The summed E-state index contributed by atoms with van der Waals surface area (Å²) in [4.78, 5) is 140. The van der Waals surface area contributed by atoms with E-state index in [4.69, 9.17) is 22.9 Å². The lowest BCUT2D eigenvalue weighted by Crippen LogP contribution is -2.58. The summed E-state index contributed by atoms with van der Waals surface area (Å²) in [6.07, 6.45) is 2.06. The van der Waals surface area contributed by atoms with Crippen molar-refractivity contribution in [3.8, 4) is 0 Å². The summed E-state index contributed by atoms with van der Waals surface area (Å²) in [5.41, 5.74) is 25.4. The second-order valence-corrected chi connectivity index (χ2v) is 21.0. The monoisotopic (exact) mass is 1120 g/mol. The number of nitrogens with one attached hydrogen (secondary N) is 6. The minimum absolute atomic E-state index is 0.0107. The summed E-state index contributed by atoms with van der Waals surface area (Å²) in [7, 11) is 0. The third-order valence-electron chi connectivity index (χ3n) is 14.7. The summed E-state index contributed by atoms with van der Waals surface area (Å²) >= 11 is 0. The number of carbonyl (C=O) groups excluding carboxylic acids is 8. The number of carbonyl (C=O) groups is 9. The van der Waals surface area contributed by atoms with Crippen LogP contribution in [0, 0.1) is 17.8 Å². The van der Waals surface area contributed by atoms with E-state index >= 15 is 14.4 Å². The molecule has 2 aliphatic heterocycles. The van der Waals surface area contributed by atoms with Crippen LogP contribution >= 0.6 is 0 Å². The predicted octanol–water partition coefficient (Wildman–Crippen LogP) is 1.40. The number of benzene rings is 3. The van der Waals surface area contributed by atoms with Crippen LogP contribution in [-0.4, -0.2) is 136 Å². The number of carboxylic acid groups (broad SMARTS) is 1. The number of ketones is 2. The van der Waals surface area contributed by atoms with Crippen molar-refractivity contribution in [3.63, 3.8) is 0 Å². The molecule has 4 aromatic rings. The molecule has 2 aliphatic rings. The molecule has 2 fully saturated rings. The number of hydrogen-bond acceptors (Lipinski definition) is 11. The van der Waals surface area contributed by atoms with E-state index in [9.17, 15) is 33.9 Å². The molecular weight excluding hydrogens is 1040 g/mol. The van der Waals surface area contributed by atoms with E-state index in [1.54, 1.807) is 36.5 Å². The first-order valence-electron chi connectivity index (χ1n) is 27.6. The Morgan fingerprint density at radius 2 is 1.38 bits per heavy atom. The molecule has 23 heteroatoms. The normalized spacial score (nSPS) is 22.3. The first-order valence-corrected chi connectivity index (χ1v) is 27.6. The number of aromatic amines is 1. The first-order chi connectivity index (χ1) is 38.8. The number of amides is 6. The molecule has 3 heterocycles. The molecule has 3 aromatic carbocycles. The molecule has 2 saturated heterocycles. The summed E-state index contributed by atoms with van der Waals surface area (Å²) in [6.45, 7) is 1.50. The zero-order valence-electron chi connectivity index (χ0n) is 45.8. The van der Waals surface area contributed by atoms with Crippen LogP contribution in [0.25, 0.3) is 10.9 Å². The van der Waals surface area contributed by atoms with Gasteiger partial charge in [-0.05, 0) is 99.3 Å². The van der Waals surface area contributed by atoms with Gasteiger partial charge >= 0.3 is 5.97 Å². The van der Waals surface area contributed by atoms with Crippen molar-refractivity contribution >= 4 is 75.8 Å². The Kier molecular flexibility index (Phi) is 23.3. The first kappa shape index (κ1) is 61.6. The van der Waals surface area contributed by atoms with Gasteiger partial charge in [0.1, 0.15) is 30.0 Å². The molecule has 81 heavy (non-hydrogen) atoms. The number of fused-ring (bicyclic) bond motifs is 2. The van der Waals surface area contributed by atoms with E-state index < -0.39 is 101 Å². The van der Waals surface area contributed by atoms with Crippen molar-refractivity contribution in [1.29, 1.82) is 0 Å². The highest BCUT2D eigenvalue weighted by Crippen LogP contribution is 2.30. The lowest BCUT2D eigenvalue weighted by atomic mass is 9.83. The predicted molar refractivity (Wildman–Crippen MR) is 304 cm³/mol. The van der Waals surface area contributed by atoms with E-state index in [0.717, 1.165) is 16.5 Å². The lowest BCUT2D eigenvalue weighted by molar-refractivity contribution is -0.143. The number of nitrogens with two attached hydrogens (primary N) is 4. The number of aromatic nitrogens is 1. The van der Waals surface area contributed by atoms with E-state index in [1.165, 1.54) is 11.8 Å². The van der Waals surface area contributed by atoms with Gasteiger partial charge in [0.15, 0.2) is 17.7 Å². The maximum atomic E-state index is 15.2. The van der Waals surface area contributed by atoms with Gasteiger partial charge in [-0.2, -0.15) is 0 Å². The molecule has 0 aliphatic carbocycles. The number of aliphatic imine (C=N–C) groups is 2. The molecule has 0 unspecified atom stereocenters. The highest BCUT2D eigenvalue weighted by molar-refractivity contribution is 5.99. The van der Waals surface area contributed by atoms with Gasteiger partial charge in [0, 0.05) is 74.9 Å². The minimum Gasteiger partial charge on any atom is -0.480 e. The van der Waals surface area contributed by atoms with Gasteiger partial charge in [-0.15, -0.1) is 0 Å². The fourth-order valence-electron chi connectivity index (χ4n) is 10.6. The molecule has 6 amide bonds. The van der Waals surface area contributed by atoms with Crippen LogP contribution in [0.2, 0.25) is 0 Å². The number of hydrogen-bond donors (Lipinski definition) is 11. The van der Waals surface area contributed by atoms with Crippen molar-refractivity contribution in [2.45, 2.75) is 127 Å². The average Bonchev–Trinajstić information content (AvgIpc) is 4.20. The Labute approximate surface area is 470 Å². The second kappa shape index (κ2) is 30.7. The summed E-state index contributed by atoms with van der Waals surface area (Å²) in [5, 5.41) is 24.9. The lowest BCUT2D eigenvalue weighted by Gasteiger charge is -2.31. The Hall–Kier alpha value is -8.63. The smallest absolute Gasteiger partial charge is 0.326 e. The molecular formula is C58H77N13O10. The molecule has 0 radical (unpaired) electrons. The number of aliphatic carboxylic acids is 1. The van der Waals surface area contributed by atoms with Gasteiger partial charge in [-0.25, -0.2) is 4.79 Å². The van der Waals surface area contributed by atoms with Crippen molar-refractivity contribution in [1.82, 2.24) is 36.5 Å². The molecule has 23 nitrogen and oxygen atoms in total. The van der Waals surface area contributed by atoms with Gasteiger partial charge in [-0.3, -0.25) is 48.3 Å². The molecule has 8 atom stereocenters. The summed E-state index contributed by atoms with van der Waals surface area (Å²) in [5.74, 6) is -9.17. The molecule has 434 valence electrons. The van der Waals surface area contributed by atoms with Gasteiger partial charge in [-0.1, -0.05) is 78.9 Å². The fraction of sp³-hybridized carbons (Fsp3) is 0.466. The second-order valence-electron chi connectivity index (χ2n) is 21.0. The van der Waals surface area contributed by atoms with Crippen molar-refractivity contribution in [2.24, 2.45) is 50.7 Å². The van der Waals surface area contributed by atoms with E-state index in [2.05, 4.69) is 41.6 Å².